The lowest BCUT2D eigenvalue weighted by Gasteiger charge is -2.04. The summed E-state index contributed by atoms with van der Waals surface area (Å²) in [4.78, 5) is 20.4. The van der Waals surface area contributed by atoms with Crippen LogP contribution < -0.4 is 10.1 Å². The van der Waals surface area contributed by atoms with Crippen LogP contribution in [-0.2, 0) is 6.54 Å². The van der Waals surface area contributed by atoms with E-state index in [-0.39, 0.29) is 18.1 Å². The van der Waals surface area contributed by atoms with Crippen molar-refractivity contribution in [1.82, 2.24) is 15.3 Å². The van der Waals surface area contributed by atoms with Crippen LogP contribution in [0.25, 0.3) is 11.5 Å². The molecule has 2 aromatic heterocycles. The van der Waals surface area contributed by atoms with Crippen molar-refractivity contribution in [2.45, 2.75) is 6.54 Å². The van der Waals surface area contributed by atoms with Gasteiger partial charge in [0.25, 0.3) is 5.91 Å². The number of oxazole rings is 1. The third kappa shape index (κ3) is 3.55. The molecule has 0 saturated carbocycles. The van der Waals surface area contributed by atoms with Crippen LogP contribution in [0.4, 0.5) is 0 Å². The number of benzene rings is 1. The van der Waals surface area contributed by atoms with E-state index in [9.17, 15) is 4.79 Å². The maximum Gasteiger partial charge on any atom is 0.270 e. The molecule has 6 heteroatoms. The minimum absolute atomic E-state index is 0.258. The molecule has 0 aliphatic rings. The van der Waals surface area contributed by atoms with Crippen LogP contribution in [0.5, 0.6) is 5.75 Å². The smallest absolute Gasteiger partial charge is 0.270 e. The lowest BCUT2D eigenvalue weighted by Crippen LogP contribution is -2.23. The van der Waals surface area contributed by atoms with E-state index in [4.69, 9.17) is 9.15 Å². The Labute approximate surface area is 133 Å². The molecule has 0 atom stereocenters. The van der Waals surface area contributed by atoms with E-state index in [1.807, 2.05) is 30.3 Å². The SMILES string of the molecule is COc1ccnc(C(=O)NCc2coc(-c3ccccc3)n2)c1. The zero-order chi connectivity index (χ0) is 16.1. The number of ether oxygens (including phenoxy) is 1. The van der Waals surface area contributed by atoms with E-state index in [0.717, 1.165) is 5.56 Å². The van der Waals surface area contributed by atoms with Gasteiger partial charge in [0.2, 0.25) is 5.89 Å². The highest BCUT2D eigenvalue weighted by Gasteiger charge is 2.10. The van der Waals surface area contributed by atoms with Gasteiger partial charge in [0.05, 0.1) is 19.3 Å². The molecule has 0 radical (unpaired) electrons. The fourth-order valence-electron chi connectivity index (χ4n) is 2.03. The van der Waals surface area contributed by atoms with Crippen LogP contribution in [0.15, 0.2) is 59.3 Å². The van der Waals surface area contributed by atoms with Crippen molar-refractivity contribution in [2.24, 2.45) is 0 Å². The number of carbonyl (C=O) groups is 1. The number of nitrogens with one attached hydrogen (secondary N) is 1. The molecule has 1 aromatic carbocycles. The lowest BCUT2D eigenvalue weighted by molar-refractivity contribution is 0.0945. The molecular weight excluding hydrogens is 294 g/mol. The minimum atomic E-state index is -0.298. The number of rotatable bonds is 5. The van der Waals surface area contributed by atoms with Crippen LogP contribution >= 0.6 is 0 Å². The van der Waals surface area contributed by atoms with Gasteiger partial charge in [-0.25, -0.2) is 4.98 Å². The minimum Gasteiger partial charge on any atom is -0.497 e. The Morgan fingerprint density at radius 1 is 1.26 bits per heavy atom. The number of amides is 1. The molecule has 1 amide bonds. The Kier molecular flexibility index (Phi) is 4.33. The van der Waals surface area contributed by atoms with Crippen LogP contribution in [0, 0.1) is 0 Å². The van der Waals surface area contributed by atoms with E-state index >= 15 is 0 Å². The van der Waals surface area contributed by atoms with Crippen molar-refractivity contribution < 1.29 is 13.9 Å². The molecule has 0 aliphatic heterocycles. The first kappa shape index (κ1) is 14.8. The largest absolute Gasteiger partial charge is 0.497 e. The van der Waals surface area contributed by atoms with Gasteiger partial charge in [-0.3, -0.25) is 9.78 Å². The predicted molar refractivity (Wildman–Crippen MR) is 83.9 cm³/mol. The van der Waals surface area contributed by atoms with E-state index in [0.29, 0.717) is 17.3 Å². The summed E-state index contributed by atoms with van der Waals surface area (Å²) in [6.45, 7) is 0.258. The van der Waals surface area contributed by atoms with Gasteiger partial charge in [0.1, 0.15) is 17.7 Å². The van der Waals surface area contributed by atoms with Crippen molar-refractivity contribution in [2.75, 3.05) is 7.11 Å². The highest BCUT2D eigenvalue weighted by molar-refractivity contribution is 5.92. The number of methoxy groups -OCH3 is 1. The van der Waals surface area contributed by atoms with Gasteiger partial charge in [-0.05, 0) is 18.2 Å². The van der Waals surface area contributed by atoms with E-state index in [2.05, 4.69) is 15.3 Å². The summed E-state index contributed by atoms with van der Waals surface area (Å²) in [6, 6.07) is 12.8. The third-order valence-corrected chi connectivity index (χ3v) is 3.20. The first-order chi connectivity index (χ1) is 11.3. The summed E-state index contributed by atoms with van der Waals surface area (Å²) in [6.07, 6.45) is 3.05. The molecule has 23 heavy (non-hydrogen) atoms. The quantitative estimate of drug-likeness (QED) is 0.784. The summed E-state index contributed by atoms with van der Waals surface area (Å²) in [7, 11) is 1.54. The first-order valence-corrected chi connectivity index (χ1v) is 7.04. The number of carbonyl (C=O) groups excluding carboxylic acids is 1. The standard InChI is InChI=1S/C17H15N3O3/c1-22-14-7-8-18-15(9-14)16(21)19-10-13-11-23-17(20-13)12-5-3-2-4-6-12/h2-9,11H,10H2,1H3,(H,19,21). The molecule has 6 nitrogen and oxygen atoms in total. The molecule has 3 aromatic rings. The first-order valence-electron chi connectivity index (χ1n) is 7.04. The predicted octanol–water partition coefficient (Wildman–Crippen LogP) is 2.68. The molecule has 116 valence electrons. The number of hydrogen-bond acceptors (Lipinski definition) is 5. The summed E-state index contributed by atoms with van der Waals surface area (Å²) in [5.41, 5.74) is 1.82. The Morgan fingerprint density at radius 2 is 2.09 bits per heavy atom. The topological polar surface area (TPSA) is 77.2 Å². The Hall–Kier alpha value is -3.15. The second-order valence-corrected chi connectivity index (χ2v) is 4.77. The molecule has 0 unspecified atom stereocenters. The normalized spacial score (nSPS) is 10.3. The van der Waals surface area contributed by atoms with Gasteiger partial charge in [0.15, 0.2) is 0 Å². The van der Waals surface area contributed by atoms with E-state index in [1.54, 1.807) is 12.1 Å². The summed E-state index contributed by atoms with van der Waals surface area (Å²) in [5, 5.41) is 2.75. The lowest BCUT2D eigenvalue weighted by atomic mass is 10.2. The average Bonchev–Trinajstić information content (AvgIpc) is 3.09. The highest BCUT2D eigenvalue weighted by Crippen LogP contribution is 2.17. The van der Waals surface area contributed by atoms with Gasteiger partial charge in [-0.15, -0.1) is 0 Å². The second kappa shape index (κ2) is 6.74. The van der Waals surface area contributed by atoms with Gasteiger partial charge in [0, 0.05) is 17.8 Å². The summed E-state index contributed by atoms with van der Waals surface area (Å²) in [5.74, 6) is 0.806. The van der Waals surface area contributed by atoms with E-state index in [1.165, 1.54) is 19.6 Å². The van der Waals surface area contributed by atoms with Crippen molar-refractivity contribution in [1.29, 1.82) is 0 Å². The number of pyridine rings is 1. The molecule has 0 bridgehead atoms. The maximum absolute atomic E-state index is 12.1. The molecule has 0 aliphatic carbocycles. The summed E-state index contributed by atoms with van der Waals surface area (Å²) < 4.78 is 10.5. The van der Waals surface area contributed by atoms with Crippen LogP contribution in [-0.4, -0.2) is 23.0 Å². The van der Waals surface area contributed by atoms with Gasteiger partial charge < -0.3 is 14.5 Å². The molecule has 0 spiro atoms. The fourth-order valence-corrected chi connectivity index (χ4v) is 2.03. The van der Waals surface area contributed by atoms with Crippen molar-refractivity contribution in [3.8, 4) is 17.2 Å². The molecule has 3 rings (SSSR count). The Bertz CT molecular complexity index is 800. The number of nitrogens with zero attached hydrogens (tertiary/aromatic N) is 2. The number of aromatic nitrogens is 2. The third-order valence-electron chi connectivity index (χ3n) is 3.20. The molecule has 1 N–H and O–H groups in total. The van der Waals surface area contributed by atoms with Crippen molar-refractivity contribution in [3.05, 3.63) is 66.3 Å². The molecule has 0 saturated heterocycles. The van der Waals surface area contributed by atoms with Crippen molar-refractivity contribution in [3.63, 3.8) is 0 Å². The molecular formula is C17H15N3O3. The average molecular weight is 309 g/mol. The highest BCUT2D eigenvalue weighted by atomic mass is 16.5. The summed E-state index contributed by atoms with van der Waals surface area (Å²) >= 11 is 0. The van der Waals surface area contributed by atoms with E-state index < -0.39 is 0 Å². The Morgan fingerprint density at radius 3 is 2.87 bits per heavy atom. The zero-order valence-corrected chi connectivity index (χ0v) is 12.5. The van der Waals surface area contributed by atoms with Crippen molar-refractivity contribution >= 4 is 5.91 Å². The van der Waals surface area contributed by atoms with Gasteiger partial charge in [-0.2, -0.15) is 0 Å². The maximum atomic E-state index is 12.1. The zero-order valence-electron chi connectivity index (χ0n) is 12.5. The second-order valence-electron chi connectivity index (χ2n) is 4.77. The van der Waals surface area contributed by atoms with Crippen LogP contribution in [0.1, 0.15) is 16.2 Å². The molecule has 0 fully saturated rings. The Balaban J connectivity index is 1.64. The monoisotopic (exact) mass is 309 g/mol. The van der Waals surface area contributed by atoms with Gasteiger partial charge in [-0.1, -0.05) is 18.2 Å². The van der Waals surface area contributed by atoms with Crippen LogP contribution in [0.2, 0.25) is 0 Å². The molecule has 2 heterocycles. The number of hydrogen-bond donors (Lipinski definition) is 1. The van der Waals surface area contributed by atoms with Gasteiger partial charge >= 0.3 is 0 Å². The fraction of sp³-hybridized carbons (Fsp3) is 0.118. The van der Waals surface area contributed by atoms with Crippen LogP contribution in [0.3, 0.4) is 0 Å².